The SMILES string of the molecule is CCc1nsc(N2CCN(c3nc(C(C)(C)C)ns3)CC2)n1. The van der Waals surface area contributed by atoms with E-state index in [1.165, 1.54) is 23.1 Å². The first-order valence-electron chi connectivity index (χ1n) is 7.64. The molecule has 0 atom stereocenters. The highest BCUT2D eigenvalue weighted by molar-refractivity contribution is 7.10. The van der Waals surface area contributed by atoms with Gasteiger partial charge in [-0.1, -0.05) is 27.7 Å². The van der Waals surface area contributed by atoms with Gasteiger partial charge in [0.1, 0.15) is 11.6 Å². The molecule has 3 rings (SSSR count). The molecule has 0 spiro atoms. The van der Waals surface area contributed by atoms with E-state index < -0.39 is 0 Å². The zero-order valence-corrected chi connectivity index (χ0v) is 15.2. The zero-order valence-electron chi connectivity index (χ0n) is 13.5. The first-order valence-corrected chi connectivity index (χ1v) is 9.18. The first-order chi connectivity index (χ1) is 10.5. The Bertz CT molecular complexity index is 621. The van der Waals surface area contributed by atoms with Crippen LogP contribution in [0.3, 0.4) is 0 Å². The number of aryl methyl sites for hydroxylation is 1. The maximum atomic E-state index is 4.71. The molecule has 1 aliphatic heterocycles. The lowest BCUT2D eigenvalue weighted by molar-refractivity contribution is 0.553. The molecule has 6 nitrogen and oxygen atoms in total. The van der Waals surface area contributed by atoms with Gasteiger partial charge in [0.25, 0.3) is 0 Å². The van der Waals surface area contributed by atoms with Gasteiger partial charge in [0.2, 0.25) is 10.3 Å². The fraction of sp³-hybridized carbons (Fsp3) is 0.714. The van der Waals surface area contributed by atoms with Crippen molar-refractivity contribution in [2.75, 3.05) is 36.0 Å². The normalized spacial score (nSPS) is 16.4. The molecule has 3 heterocycles. The molecule has 22 heavy (non-hydrogen) atoms. The van der Waals surface area contributed by atoms with Crippen LogP contribution in [0.25, 0.3) is 0 Å². The summed E-state index contributed by atoms with van der Waals surface area (Å²) in [7, 11) is 0. The van der Waals surface area contributed by atoms with E-state index in [-0.39, 0.29) is 5.41 Å². The van der Waals surface area contributed by atoms with Crippen LogP contribution in [-0.2, 0) is 11.8 Å². The summed E-state index contributed by atoms with van der Waals surface area (Å²) < 4.78 is 8.88. The number of hydrogen-bond acceptors (Lipinski definition) is 8. The van der Waals surface area contributed by atoms with Gasteiger partial charge in [0.05, 0.1) is 0 Å². The molecule has 0 aliphatic carbocycles. The van der Waals surface area contributed by atoms with Crippen LogP contribution in [0.5, 0.6) is 0 Å². The second-order valence-corrected chi connectivity index (χ2v) is 7.93. The minimum Gasteiger partial charge on any atom is -0.343 e. The van der Waals surface area contributed by atoms with Crippen molar-refractivity contribution in [3.8, 4) is 0 Å². The monoisotopic (exact) mass is 338 g/mol. The van der Waals surface area contributed by atoms with Crippen LogP contribution in [0.4, 0.5) is 10.3 Å². The van der Waals surface area contributed by atoms with Gasteiger partial charge in [0, 0.05) is 61.1 Å². The largest absolute Gasteiger partial charge is 0.343 e. The molecule has 0 N–H and O–H groups in total. The Morgan fingerprint density at radius 2 is 1.45 bits per heavy atom. The van der Waals surface area contributed by atoms with Crippen LogP contribution in [0.1, 0.15) is 39.3 Å². The summed E-state index contributed by atoms with van der Waals surface area (Å²) in [4.78, 5) is 13.9. The molecule has 1 aliphatic rings. The van der Waals surface area contributed by atoms with Gasteiger partial charge < -0.3 is 9.80 Å². The Labute approximate surface area is 139 Å². The quantitative estimate of drug-likeness (QED) is 0.857. The van der Waals surface area contributed by atoms with Crippen LogP contribution in [-0.4, -0.2) is 44.9 Å². The van der Waals surface area contributed by atoms with Crippen molar-refractivity contribution in [1.82, 2.24) is 18.7 Å². The minimum absolute atomic E-state index is 0.0136. The van der Waals surface area contributed by atoms with Crippen LogP contribution in [0.15, 0.2) is 0 Å². The van der Waals surface area contributed by atoms with E-state index >= 15 is 0 Å². The van der Waals surface area contributed by atoms with Crippen molar-refractivity contribution in [2.45, 2.75) is 39.5 Å². The summed E-state index contributed by atoms with van der Waals surface area (Å²) in [5.41, 5.74) is 0.0136. The predicted molar refractivity (Wildman–Crippen MR) is 92.3 cm³/mol. The van der Waals surface area contributed by atoms with Crippen LogP contribution >= 0.6 is 23.1 Å². The molecule has 0 unspecified atom stereocenters. The Hall–Kier alpha value is -1.28. The third-order valence-corrected chi connectivity index (χ3v) is 5.27. The second-order valence-electron chi connectivity index (χ2n) is 6.47. The molecule has 0 amide bonds. The van der Waals surface area contributed by atoms with Crippen molar-refractivity contribution in [2.24, 2.45) is 0 Å². The standard InChI is InChI=1S/C14H22N6S2/c1-5-10-15-12(21-17-10)19-6-8-20(9-7-19)13-16-11(18-22-13)14(2,3)4/h5-9H2,1-4H3. The molecular weight excluding hydrogens is 316 g/mol. The topological polar surface area (TPSA) is 58.0 Å². The maximum absolute atomic E-state index is 4.71. The molecule has 0 radical (unpaired) electrons. The van der Waals surface area contributed by atoms with Crippen LogP contribution < -0.4 is 9.80 Å². The van der Waals surface area contributed by atoms with E-state index in [0.29, 0.717) is 0 Å². The fourth-order valence-electron chi connectivity index (χ4n) is 2.25. The smallest absolute Gasteiger partial charge is 0.205 e. The first kappa shape index (κ1) is 15.6. The highest BCUT2D eigenvalue weighted by Gasteiger charge is 2.25. The molecule has 1 saturated heterocycles. The van der Waals surface area contributed by atoms with Crippen LogP contribution in [0, 0.1) is 0 Å². The van der Waals surface area contributed by atoms with Gasteiger partial charge in [-0.2, -0.15) is 8.75 Å². The average molecular weight is 339 g/mol. The molecule has 8 heteroatoms. The number of rotatable bonds is 3. The Balaban J connectivity index is 1.63. The van der Waals surface area contributed by atoms with E-state index in [1.54, 1.807) is 0 Å². The van der Waals surface area contributed by atoms with E-state index in [0.717, 1.165) is 54.5 Å². The van der Waals surface area contributed by atoms with E-state index in [4.69, 9.17) is 4.98 Å². The zero-order chi connectivity index (χ0) is 15.7. The molecule has 2 aromatic rings. The summed E-state index contributed by atoms with van der Waals surface area (Å²) >= 11 is 3.01. The summed E-state index contributed by atoms with van der Waals surface area (Å²) in [6.45, 7) is 12.4. The van der Waals surface area contributed by atoms with Crippen molar-refractivity contribution < 1.29 is 0 Å². The Kier molecular flexibility index (Phi) is 4.31. The minimum atomic E-state index is 0.0136. The predicted octanol–water partition coefficient (Wildman–Crippen LogP) is 2.58. The van der Waals surface area contributed by atoms with Gasteiger partial charge in [-0.3, -0.25) is 0 Å². The molecular formula is C14H22N6S2. The Morgan fingerprint density at radius 1 is 0.909 bits per heavy atom. The fourth-order valence-corrected chi connectivity index (χ4v) is 3.96. The number of hydrogen-bond donors (Lipinski definition) is 0. The molecule has 120 valence electrons. The Morgan fingerprint density at radius 3 is 1.91 bits per heavy atom. The second kappa shape index (κ2) is 6.08. The summed E-state index contributed by atoms with van der Waals surface area (Å²) in [6.07, 6.45) is 0.900. The highest BCUT2D eigenvalue weighted by Crippen LogP contribution is 2.27. The summed E-state index contributed by atoms with van der Waals surface area (Å²) in [5.74, 6) is 1.88. The third kappa shape index (κ3) is 3.22. The van der Waals surface area contributed by atoms with Crippen molar-refractivity contribution in [3.05, 3.63) is 11.6 Å². The molecule has 0 aromatic carbocycles. The lowest BCUT2D eigenvalue weighted by Gasteiger charge is -2.33. The van der Waals surface area contributed by atoms with E-state index in [2.05, 4.69) is 51.2 Å². The molecule has 2 aromatic heterocycles. The van der Waals surface area contributed by atoms with Crippen molar-refractivity contribution in [3.63, 3.8) is 0 Å². The van der Waals surface area contributed by atoms with Crippen molar-refractivity contribution in [1.29, 1.82) is 0 Å². The van der Waals surface area contributed by atoms with Gasteiger partial charge in [-0.15, -0.1) is 0 Å². The maximum Gasteiger partial charge on any atom is 0.205 e. The molecule has 0 saturated carbocycles. The third-order valence-electron chi connectivity index (χ3n) is 3.68. The van der Waals surface area contributed by atoms with Gasteiger partial charge >= 0.3 is 0 Å². The van der Waals surface area contributed by atoms with E-state index in [1.807, 2.05) is 0 Å². The number of nitrogens with zero attached hydrogens (tertiary/aromatic N) is 6. The number of aromatic nitrogens is 4. The average Bonchev–Trinajstić information content (AvgIpc) is 3.16. The summed E-state index contributed by atoms with van der Waals surface area (Å²) in [5, 5.41) is 2.08. The van der Waals surface area contributed by atoms with Gasteiger partial charge in [-0.05, 0) is 0 Å². The number of piperazine rings is 1. The molecule has 0 bridgehead atoms. The highest BCUT2D eigenvalue weighted by atomic mass is 32.1. The van der Waals surface area contributed by atoms with E-state index in [9.17, 15) is 0 Å². The summed E-state index contributed by atoms with van der Waals surface area (Å²) in [6, 6.07) is 0. The lowest BCUT2D eigenvalue weighted by atomic mass is 9.96. The van der Waals surface area contributed by atoms with Crippen molar-refractivity contribution >= 4 is 33.3 Å². The van der Waals surface area contributed by atoms with Gasteiger partial charge in [0.15, 0.2) is 0 Å². The lowest BCUT2D eigenvalue weighted by Crippen LogP contribution is -2.46. The van der Waals surface area contributed by atoms with Crippen LogP contribution in [0.2, 0.25) is 0 Å². The van der Waals surface area contributed by atoms with Gasteiger partial charge in [-0.25, -0.2) is 9.97 Å². The molecule has 1 fully saturated rings. The number of anilines is 2.